The number of allylic oxidation sites excluding steroid dienone is 1. The Morgan fingerprint density at radius 3 is 1.50 bits per heavy atom. The molecule has 0 heterocycles. The van der Waals surface area contributed by atoms with E-state index in [9.17, 15) is 0 Å². The molecule has 16 heavy (non-hydrogen) atoms. The van der Waals surface area contributed by atoms with Gasteiger partial charge in [-0.15, -0.1) is 31.3 Å². The third-order valence-electron chi connectivity index (χ3n) is 0.633. The Labute approximate surface area is 102 Å². The second-order valence-corrected chi connectivity index (χ2v) is 3.83. The fourth-order valence-corrected chi connectivity index (χ4v) is 0.512. The molecule has 0 bridgehead atoms. The van der Waals surface area contributed by atoms with Crippen LogP contribution in [0.15, 0.2) is 38.0 Å². The number of aliphatic hydroxyl groups excluding tert-OH is 1. The molecule has 0 rings (SSSR count). The van der Waals surface area contributed by atoms with Crippen LogP contribution in [0.5, 0.6) is 0 Å². The Balaban J connectivity index is -0.000000179. The lowest BCUT2D eigenvalue weighted by atomic mass is 10.7. The Morgan fingerprint density at radius 2 is 1.44 bits per heavy atom. The van der Waals surface area contributed by atoms with Crippen molar-refractivity contribution in [3.05, 3.63) is 38.0 Å². The zero-order valence-electron chi connectivity index (χ0n) is 9.05. The number of halogens is 1. The highest BCUT2D eigenvalue weighted by Gasteiger charge is 2.29. The van der Waals surface area contributed by atoms with Gasteiger partial charge in [0.1, 0.15) is 0 Å². The van der Waals surface area contributed by atoms with Crippen LogP contribution in [0.4, 0.5) is 0 Å². The monoisotopic (exact) mass is 270 g/mol. The van der Waals surface area contributed by atoms with E-state index in [1.54, 1.807) is 6.08 Å². The molecule has 0 saturated heterocycles. The van der Waals surface area contributed by atoms with Gasteiger partial charge in [-0.25, -0.2) is 0 Å². The highest BCUT2D eigenvalue weighted by Crippen LogP contribution is 1.86. The minimum Gasteiger partial charge on any atom is -0.392 e. The summed E-state index contributed by atoms with van der Waals surface area (Å²) in [4.78, 5) is 24.4. The molecule has 0 radical (unpaired) electrons. The van der Waals surface area contributed by atoms with Crippen LogP contribution in [0.1, 0.15) is 0 Å². The van der Waals surface area contributed by atoms with E-state index in [1.165, 1.54) is 12.2 Å². The van der Waals surface area contributed by atoms with Gasteiger partial charge in [0.25, 0.3) is 0 Å². The summed E-state index contributed by atoms with van der Waals surface area (Å²) in [5.41, 5.74) is 0. The first kappa shape index (κ1) is 20.9. The molecule has 0 spiro atoms. The van der Waals surface area contributed by atoms with E-state index in [4.69, 9.17) is 31.1 Å². The van der Waals surface area contributed by atoms with Crippen molar-refractivity contribution in [3.8, 4) is 0 Å². The summed E-state index contributed by atoms with van der Waals surface area (Å²) < 4.78 is 4.07. The summed E-state index contributed by atoms with van der Waals surface area (Å²) in [6.45, 7) is 9.84. The Kier molecular flexibility index (Phi) is 22.1. The van der Waals surface area contributed by atoms with Crippen LogP contribution in [-0.2, 0) is 4.43 Å². The fraction of sp³-hybridized carbons (Fsp3) is 0.333. The molecule has 0 saturated carbocycles. The zero-order chi connectivity index (χ0) is 13.4. The predicted octanol–water partition coefficient (Wildman–Crippen LogP) is 0.177. The number of rotatable bonds is 5. The van der Waals surface area contributed by atoms with Gasteiger partial charge in [-0.05, 0) is 0 Å². The second-order valence-electron chi connectivity index (χ2n) is 2.09. The van der Waals surface area contributed by atoms with E-state index in [0.29, 0.717) is 5.88 Å². The van der Waals surface area contributed by atoms with Crippen molar-refractivity contribution < 1.29 is 23.9 Å². The SMILES string of the molecule is C=CCCl.C=CCO.C=CCO[Si](O)(O)O. The molecule has 4 N–H and O–H groups in total. The fourth-order valence-electron chi connectivity index (χ4n) is 0.171. The molecule has 5 nitrogen and oxygen atoms in total. The molecular weight excluding hydrogens is 252 g/mol. The van der Waals surface area contributed by atoms with Crippen molar-refractivity contribution in [1.82, 2.24) is 0 Å². The van der Waals surface area contributed by atoms with Crippen molar-refractivity contribution in [2.24, 2.45) is 0 Å². The lowest BCUT2D eigenvalue weighted by Gasteiger charge is -2.05. The smallest absolute Gasteiger partial charge is 0.392 e. The highest BCUT2D eigenvalue weighted by molar-refractivity contribution is 6.48. The Bertz CT molecular complexity index is 162. The lowest BCUT2D eigenvalue weighted by Crippen LogP contribution is -2.38. The molecule has 0 aromatic carbocycles. The summed E-state index contributed by atoms with van der Waals surface area (Å²) in [5.74, 6) is 0.556. The molecule has 0 aliphatic rings. The quantitative estimate of drug-likeness (QED) is 0.325. The van der Waals surface area contributed by atoms with Crippen molar-refractivity contribution in [2.45, 2.75) is 0 Å². The van der Waals surface area contributed by atoms with Gasteiger partial charge in [-0.1, -0.05) is 18.2 Å². The van der Waals surface area contributed by atoms with E-state index >= 15 is 0 Å². The average molecular weight is 271 g/mol. The van der Waals surface area contributed by atoms with Gasteiger partial charge in [0, 0.05) is 5.88 Å². The number of hydrogen-bond acceptors (Lipinski definition) is 5. The van der Waals surface area contributed by atoms with E-state index in [1.807, 2.05) is 0 Å². The summed E-state index contributed by atoms with van der Waals surface area (Å²) >= 11 is 5.07. The summed E-state index contributed by atoms with van der Waals surface area (Å²) in [6.07, 6.45) is 4.38. The van der Waals surface area contributed by atoms with Gasteiger partial charge in [0.2, 0.25) is 0 Å². The maximum atomic E-state index is 8.13. The average Bonchev–Trinajstić information content (AvgIpc) is 2.26. The first-order valence-corrected chi connectivity index (χ1v) is 6.48. The van der Waals surface area contributed by atoms with E-state index in [0.717, 1.165) is 0 Å². The van der Waals surface area contributed by atoms with Crippen LogP contribution in [0.3, 0.4) is 0 Å². The van der Waals surface area contributed by atoms with Crippen LogP contribution in [0.25, 0.3) is 0 Å². The first-order valence-electron chi connectivity index (χ1n) is 4.20. The summed E-state index contributed by atoms with van der Waals surface area (Å²) in [5, 5.41) is 7.76. The van der Waals surface area contributed by atoms with E-state index in [2.05, 4.69) is 24.2 Å². The first-order chi connectivity index (χ1) is 7.39. The molecule has 7 heteroatoms. The molecule has 0 aliphatic heterocycles. The van der Waals surface area contributed by atoms with Crippen molar-refractivity contribution in [3.63, 3.8) is 0 Å². The van der Waals surface area contributed by atoms with Crippen molar-refractivity contribution in [2.75, 3.05) is 19.1 Å². The molecule has 96 valence electrons. The van der Waals surface area contributed by atoms with Crippen LogP contribution in [0, 0.1) is 0 Å². The molecule has 0 aromatic heterocycles. The largest absolute Gasteiger partial charge is 0.671 e. The van der Waals surface area contributed by atoms with Gasteiger partial charge in [-0.3, -0.25) is 0 Å². The molecule has 0 aromatic rings. The summed E-state index contributed by atoms with van der Waals surface area (Å²) in [6, 6.07) is 0. The van der Waals surface area contributed by atoms with Crippen LogP contribution in [-0.4, -0.2) is 47.6 Å². The molecule has 0 unspecified atom stereocenters. The molecule has 0 atom stereocenters. The van der Waals surface area contributed by atoms with E-state index < -0.39 is 9.05 Å². The normalized spacial score (nSPS) is 8.81. The zero-order valence-corrected chi connectivity index (χ0v) is 10.8. The third kappa shape index (κ3) is 49.8. The molecule has 0 fully saturated rings. The van der Waals surface area contributed by atoms with Gasteiger partial charge in [0.15, 0.2) is 0 Å². The van der Waals surface area contributed by atoms with Crippen molar-refractivity contribution in [1.29, 1.82) is 0 Å². The molecular formula is C9H19ClO5Si. The minimum atomic E-state index is -4.25. The third-order valence-corrected chi connectivity index (χ3v) is 1.41. The number of aliphatic hydroxyl groups is 1. The van der Waals surface area contributed by atoms with Gasteiger partial charge in [-0.2, -0.15) is 0 Å². The van der Waals surface area contributed by atoms with Crippen LogP contribution >= 0.6 is 11.6 Å². The Hall–Kier alpha value is -0.473. The highest BCUT2D eigenvalue weighted by atomic mass is 35.5. The van der Waals surface area contributed by atoms with Gasteiger partial charge < -0.3 is 23.9 Å². The van der Waals surface area contributed by atoms with Gasteiger partial charge in [0.05, 0.1) is 13.2 Å². The standard InChI is InChI=1S/C3H5Cl.C3H8O4Si.C3H6O/c1-2-3-4;1-2-3-7-8(4,5)6;1-2-3-4/h2H,1,3H2;2,4-6H,1,3H2;2,4H,1,3H2. The maximum absolute atomic E-state index is 8.13. The lowest BCUT2D eigenvalue weighted by molar-refractivity contribution is 0.0746. The molecule has 0 amide bonds. The van der Waals surface area contributed by atoms with Gasteiger partial charge >= 0.3 is 9.05 Å². The number of alkyl halides is 1. The number of hydrogen-bond donors (Lipinski definition) is 4. The predicted molar refractivity (Wildman–Crippen MR) is 66.8 cm³/mol. The maximum Gasteiger partial charge on any atom is 0.671 e. The van der Waals surface area contributed by atoms with E-state index in [-0.39, 0.29) is 13.2 Å². The second kappa shape index (κ2) is 16.9. The molecule has 0 aliphatic carbocycles. The minimum absolute atomic E-state index is 0.0459. The summed E-state index contributed by atoms with van der Waals surface area (Å²) in [7, 11) is -4.25. The topological polar surface area (TPSA) is 90.2 Å². The Morgan fingerprint density at radius 1 is 1.06 bits per heavy atom. The van der Waals surface area contributed by atoms with Crippen LogP contribution in [0.2, 0.25) is 0 Å². The van der Waals surface area contributed by atoms with Crippen molar-refractivity contribution >= 4 is 20.6 Å². The van der Waals surface area contributed by atoms with Crippen LogP contribution < -0.4 is 0 Å².